The molecular weight excluding hydrogens is 240 g/mol. The lowest BCUT2D eigenvalue weighted by molar-refractivity contribution is 0.800. The zero-order valence-corrected chi connectivity index (χ0v) is 10.8. The monoisotopic (exact) mass is 252 g/mol. The van der Waals surface area contributed by atoms with Gasteiger partial charge in [-0.25, -0.2) is 0 Å². The van der Waals surface area contributed by atoms with Crippen LogP contribution in [0.4, 0.5) is 0 Å². The molecule has 18 heavy (non-hydrogen) atoms. The first-order valence-corrected chi connectivity index (χ1v) is 6.27. The first-order valence-electron chi connectivity index (χ1n) is 5.86. The lowest BCUT2D eigenvalue weighted by Crippen LogP contribution is -2.10. The standard InChI is InChI=1S/C15H12N2S/c1-10-6-8-11(9-7-10)14-12-4-2-3-5-13(12)15(18)17-16-14/h2-9,14H,1H3. The summed E-state index contributed by atoms with van der Waals surface area (Å²) >= 11 is 5.22. The average molecular weight is 252 g/mol. The Morgan fingerprint density at radius 1 is 1.00 bits per heavy atom. The molecule has 0 aliphatic carbocycles. The van der Waals surface area contributed by atoms with Crippen LogP contribution in [0.3, 0.4) is 0 Å². The van der Waals surface area contributed by atoms with Crippen LogP contribution in [0.2, 0.25) is 0 Å². The van der Waals surface area contributed by atoms with Gasteiger partial charge in [0.1, 0.15) is 6.04 Å². The summed E-state index contributed by atoms with van der Waals surface area (Å²) in [5, 5.41) is 8.44. The van der Waals surface area contributed by atoms with Gasteiger partial charge in [0, 0.05) is 5.56 Å². The van der Waals surface area contributed by atoms with E-state index in [-0.39, 0.29) is 6.04 Å². The predicted molar refractivity (Wildman–Crippen MR) is 76.0 cm³/mol. The molecule has 1 unspecified atom stereocenters. The molecule has 0 amide bonds. The van der Waals surface area contributed by atoms with Gasteiger partial charge in [0.05, 0.1) is 0 Å². The second kappa shape index (κ2) is 4.42. The summed E-state index contributed by atoms with van der Waals surface area (Å²) in [5.41, 5.74) is 4.56. The second-order valence-electron chi connectivity index (χ2n) is 4.42. The number of hydrogen-bond donors (Lipinski definition) is 0. The van der Waals surface area contributed by atoms with Crippen LogP contribution in [-0.2, 0) is 0 Å². The number of azo groups is 1. The number of fused-ring (bicyclic) bond motifs is 1. The van der Waals surface area contributed by atoms with E-state index in [4.69, 9.17) is 12.2 Å². The van der Waals surface area contributed by atoms with Crippen LogP contribution in [0.25, 0.3) is 0 Å². The lowest BCUT2D eigenvalue weighted by atomic mass is 9.93. The van der Waals surface area contributed by atoms with Gasteiger partial charge < -0.3 is 0 Å². The van der Waals surface area contributed by atoms with Gasteiger partial charge >= 0.3 is 0 Å². The van der Waals surface area contributed by atoms with E-state index in [1.165, 1.54) is 5.56 Å². The van der Waals surface area contributed by atoms with E-state index in [9.17, 15) is 0 Å². The number of hydrogen-bond acceptors (Lipinski definition) is 2. The van der Waals surface area contributed by atoms with Crippen molar-refractivity contribution < 1.29 is 0 Å². The van der Waals surface area contributed by atoms with Gasteiger partial charge in [0.15, 0.2) is 4.99 Å². The molecule has 3 heteroatoms. The van der Waals surface area contributed by atoms with Crippen LogP contribution in [0.1, 0.15) is 28.3 Å². The van der Waals surface area contributed by atoms with Gasteiger partial charge in [0.25, 0.3) is 0 Å². The van der Waals surface area contributed by atoms with Crippen molar-refractivity contribution in [3.8, 4) is 0 Å². The second-order valence-corrected chi connectivity index (χ2v) is 4.81. The molecule has 0 saturated carbocycles. The lowest BCUT2D eigenvalue weighted by Gasteiger charge is -2.19. The Kier molecular flexibility index (Phi) is 2.76. The summed E-state index contributed by atoms with van der Waals surface area (Å²) in [4.78, 5) is 0.578. The number of nitrogens with zero attached hydrogens (tertiary/aromatic N) is 2. The molecule has 0 spiro atoms. The van der Waals surface area contributed by atoms with Crippen LogP contribution >= 0.6 is 12.2 Å². The van der Waals surface area contributed by atoms with Crippen LogP contribution in [0, 0.1) is 6.92 Å². The molecular formula is C15H12N2S. The minimum atomic E-state index is -0.0338. The predicted octanol–water partition coefficient (Wildman–Crippen LogP) is 4.23. The summed E-state index contributed by atoms with van der Waals surface area (Å²) in [6.45, 7) is 2.08. The van der Waals surface area contributed by atoms with Crippen molar-refractivity contribution in [3.63, 3.8) is 0 Å². The van der Waals surface area contributed by atoms with Crippen molar-refractivity contribution in [1.82, 2.24) is 0 Å². The van der Waals surface area contributed by atoms with Crippen molar-refractivity contribution in [2.45, 2.75) is 13.0 Å². The van der Waals surface area contributed by atoms with Gasteiger partial charge in [-0.05, 0) is 18.1 Å². The fourth-order valence-corrected chi connectivity index (χ4v) is 2.38. The van der Waals surface area contributed by atoms with Crippen LogP contribution < -0.4 is 0 Å². The van der Waals surface area contributed by atoms with Crippen LogP contribution in [-0.4, -0.2) is 4.99 Å². The largest absolute Gasteiger partial charge is 0.175 e. The highest BCUT2D eigenvalue weighted by Crippen LogP contribution is 2.33. The summed E-state index contributed by atoms with van der Waals surface area (Å²) in [7, 11) is 0. The molecule has 2 aromatic carbocycles. The topological polar surface area (TPSA) is 24.7 Å². The minimum Gasteiger partial charge on any atom is -0.175 e. The van der Waals surface area contributed by atoms with Gasteiger partial charge in [-0.1, -0.05) is 66.3 Å². The Hall–Kier alpha value is -1.87. The maximum atomic E-state index is 5.22. The molecule has 1 heterocycles. The zero-order chi connectivity index (χ0) is 12.5. The fraction of sp³-hybridized carbons (Fsp3) is 0.133. The zero-order valence-electron chi connectivity index (χ0n) is 10.00. The molecule has 3 rings (SSSR count). The normalized spacial score (nSPS) is 17.6. The molecule has 0 bridgehead atoms. The van der Waals surface area contributed by atoms with E-state index in [0.29, 0.717) is 4.99 Å². The van der Waals surface area contributed by atoms with E-state index < -0.39 is 0 Å². The van der Waals surface area contributed by atoms with E-state index in [1.54, 1.807) is 0 Å². The Morgan fingerprint density at radius 2 is 1.72 bits per heavy atom. The fourth-order valence-electron chi connectivity index (χ4n) is 2.15. The van der Waals surface area contributed by atoms with Crippen molar-refractivity contribution >= 4 is 17.2 Å². The smallest absolute Gasteiger partial charge is 0.155 e. The van der Waals surface area contributed by atoms with Gasteiger partial charge in [-0.3, -0.25) is 0 Å². The van der Waals surface area contributed by atoms with Gasteiger partial charge in [-0.2, -0.15) is 5.11 Å². The van der Waals surface area contributed by atoms with E-state index >= 15 is 0 Å². The van der Waals surface area contributed by atoms with E-state index in [1.807, 2.05) is 18.2 Å². The summed E-state index contributed by atoms with van der Waals surface area (Å²) in [5.74, 6) is 0. The van der Waals surface area contributed by atoms with E-state index in [0.717, 1.165) is 16.7 Å². The minimum absolute atomic E-state index is 0.0338. The molecule has 0 N–H and O–H groups in total. The number of benzene rings is 2. The number of aryl methyl sites for hydroxylation is 1. The first-order chi connectivity index (χ1) is 8.75. The van der Waals surface area contributed by atoms with Crippen molar-refractivity contribution in [2.75, 3.05) is 0 Å². The number of rotatable bonds is 1. The van der Waals surface area contributed by atoms with Crippen molar-refractivity contribution in [3.05, 3.63) is 70.8 Å². The summed E-state index contributed by atoms with van der Waals surface area (Å²) in [6, 6.07) is 16.5. The quantitative estimate of drug-likeness (QED) is 0.697. The molecule has 0 fully saturated rings. The maximum Gasteiger partial charge on any atom is 0.155 e. The molecule has 1 atom stereocenters. The molecule has 1 aliphatic heterocycles. The number of thiocarbonyl (C=S) groups is 1. The van der Waals surface area contributed by atoms with Crippen LogP contribution in [0.5, 0.6) is 0 Å². The summed E-state index contributed by atoms with van der Waals surface area (Å²) < 4.78 is 0. The van der Waals surface area contributed by atoms with Crippen molar-refractivity contribution in [1.29, 1.82) is 0 Å². The molecule has 0 aromatic heterocycles. The first kappa shape index (κ1) is 11.2. The highest BCUT2D eigenvalue weighted by atomic mass is 32.1. The Morgan fingerprint density at radius 3 is 2.50 bits per heavy atom. The average Bonchev–Trinajstić information content (AvgIpc) is 2.41. The third kappa shape index (κ3) is 1.87. The highest BCUT2D eigenvalue weighted by molar-refractivity contribution is 7.80. The molecule has 2 aromatic rings. The SMILES string of the molecule is Cc1ccc(C2N=NC(=S)c3ccccc32)cc1. The highest BCUT2D eigenvalue weighted by Gasteiger charge is 2.22. The van der Waals surface area contributed by atoms with Crippen molar-refractivity contribution in [2.24, 2.45) is 10.2 Å². The third-order valence-electron chi connectivity index (χ3n) is 3.14. The Labute approximate surface area is 111 Å². The third-order valence-corrected chi connectivity index (χ3v) is 3.44. The van der Waals surface area contributed by atoms with Gasteiger partial charge in [0.2, 0.25) is 0 Å². The van der Waals surface area contributed by atoms with Gasteiger partial charge in [-0.15, -0.1) is 5.11 Å². The van der Waals surface area contributed by atoms with E-state index in [2.05, 4.69) is 47.5 Å². The summed E-state index contributed by atoms with van der Waals surface area (Å²) in [6.07, 6.45) is 0. The van der Waals surface area contributed by atoms with Crippen LogP contribution in [0.15, 0.2) is 58.8 Å². The maximum absolute atomic E-state index is 5.22. The Bertz CT molecular complexity index is 629. The molecule has 0 radical (unpaired) electrons. The molecule has 0 saturated heterocycles. The molecule has 1 aliphatic rings. The Balaban J connectivity index is 2.11. The molecule has 2 nitrogen and oxygen atoms in total. The molecule has 88 valence electrons.